The van der Waals surface area contributed by atoms with Gasteiger partial charge in [-0.15, -0.1) is 0 Å². The van der Waals surface area contributed by atoms with Crippen LogP contribution >= 0.6 is 0 Å². The minimum atomic E-state index is 0.758. The molecule has 0 aliphatic carbocycles. The fourth-order valence-corrected chi connectivity index (χ4v) is 1.96. The van der Waals surface area contributed by atoms with Crippen molar-refractivity contribution < 1.29 is 4.74 Å². The number of unbranched alkanes of at least 4 members (excludes halogenated alkanes) is 1. The topological polar surface area (TPSA) is 35.2 Å². The average molecular weight is 221 g/mol. The van der Waals surface area contributed by atoms with Crippen LogP contribution in [-0.4, -0.2) is 7.11 Å². The molecule has 0 bridgehead atoms. The summed E-state index contributed by atoms with van der Waals surface area (Å²) in [4.78, 5) is 0. The molecule has 0 radical (unpaired) electrons. The highest BCUT2D eigenvalue weighted by atomic mass is 16.5. The third-order valence-electron chi connectivity index (χ3n) is 2.87. The van der Waals surface area contributed by atoms with Crippen molar-refractivity contribution in [3.63, 3.8) is 0 Å². The minimum absolute atomic E-state index is 0.758. The molecule has 0 aromatic heterocycles. The van der Waals surface area contributed by atoms with E-state index in [1.54, 1.807) is 7.11 Å². The Morgan fingerprint density at radius 3 is 2.31 bits per heavy atom. The van der Waals surface area contributed by atoms with Gasteiger partial charge in [0.05, 0.1) is 12.8 Å². The van der Waals surface area contributed by atoms with E-state index in [0.29, 0.717) is 0 Å². The summed E-state index contributed by atoms with van der Waals surface area (Å²) in [5.74, 6) is 0.809. The second kappa shape index (κ2) is 6.41. The number of hydrogen-bond acceptors (Lipinski definition) is 2. The van der Waals surface area contributed by atoms with Gasteiger partial charge in [0.15, 0.2) is 0 Å². The quantitative estimate of drug-likeness (QED) is 0.745. The van der Waals surface area contributed by atoms with E-state index in [1.165, 1.54) is 24.0 Å². The zero-order valence-corrected chi connectivity index (χ0v) is 10.7. The normalized spacial score (nSPS) is 10.4. The highest BCUT2D eigenvalue weighted by Crippen LogP contribution is 2.27. The second-order valence-corrected chi connectivity index (χ2v) is 4.22. The third-order valence-corrected chi connectivity index (χ3v) is 2.87. The molecule has 0 unspecified atom stereocenters. The van der Waals surface area contributed by atoms with Crippen molar-refractivity contribution in [3.8, 4) is 5.75 Å². The first-order valence-corrected chi connectivity index (χ1v) is 6.18. The summed E-state index contributed by atoms with van der Waals surface area (Å²) >= 11 is 0. The maximum Gasteiger partial charge on any atom is 0.142 e. The molecule has 1 aromatic rings. The lowest BCUT2D eigenvalue weighted by Crippen LogP contribution is -2.00. The largest absolute Gasteiger partial charge is 0.495 e. The number of aryl methyl sites for hydroxylation is 2. The lowest BCUT2D eigenvalue weighted by atomic mass is 9.97. The molecule has 2 nitrogen and oxygen atoms in total. The minimum Gasteiger partial charge on any atom is -0.495 e. The van der Waals surface area contributed by atoms with E-state index in [2.05, 4.69) is 26.0 Å². The molecule has 1 aromatic carbocycles. The molecular weight excluding hydrogens is 198 g/mol. The Kier molecular flexibility index (Phi) is 5.17. The monoisotopic (exact) mass is 221 g/mol. The Labute approximate surface area is 98.8 Å². The van der Waals surface area contributed by atoms with Gasteiger partial charge >= 0.3 is 0 Å². The van der Waals surface area contributed by atoms with Gasteiger partial charge in [0.25, 0.3) is 0 Å². The van der Waals surface area contributed by atoms with Crippen molar-refractivity contribution in [1.82, 2.24) is 0 Å². The molecule has 0 amide bonds. The highest BCUT2D eigenvalue weighted by molar-refractivity contribution is 5.57. The molecule has 0 heterocycles. The van der Waals surface area contributed by atoms with E-state index in [-0.39, 0.29) is 0 Å². The molecule has 16 heavy (non-hydrogen) atoms. The average Bonchev–Trinajstić information content (AvgIpc) is 2.29. The van der Waals surface area contributed by atoms with Crippen LogP contribution in [0.15, 0.2) is 12.1 Å². The number of anilines is 1. The Hall–Kier alpha value is -1.18. The first-order valence-electron chi connectivity index (χ1n) is 6.18. The molecule has 0 aliphatic rings. The van der Waals surface area contributed by atoms with Gasteiger partial charge in [-0.05, 0) is 42.5 Å². The van der Waals surface area contributed by atoms with Crippen LogP contribution in [0.3, 0.4) is 0 Å². The zero-order chi connectivity index (χ0) is 12.0. The van der Waals surface area contributed by atoms with Crippen molar-refractivity contribution in [1.29, 1.82) is 0 Å². The van der Waals surface area contributed by atoms with Crippen LogP contribution in [0.1, 0.15) is 44.2 Å². The maximum absolute atomic E-state index is 5.94. The van der Waals surface area contributed by atoms with E-state index in [4.69, 9.17) is 10.5 Å². The molecule has 0 fully saturated rings. The van der Waals surface area contributed by atoms with Crippen LogP contribution in [0.25, 0.3) is 0 Å². The molecular formula is C14H23NO. The predicted molar refractivity (Wildman–Crippen MR) is 70.0 cm³/mol. The molecule has 1 rings (SSSR count). The Morgan fingerprint density at radius 2 is 1.75 bits per heavy atom. The summed E-state index contributed by atoms with van der Waals surface area (Å²) in [5, 5.41) is 0. The van der Waals surface area contributed by atoms with Crippen LogP contribution in [0, 0.1) is 0 Å². The van der Waals surface area contributed by atoms with Crippen molar-refractivity contribution in [3.05, 3.63) is 23.3 Å². The molecule has 0 aliphatic heterocycles. The van der Waals surface area contributed by atoms with E-state index in [0.717, 1.165) is 30.7 Å². The summed E-state index contributed by atoms with van der Waals surface area (Å²) < 4.78 is 5.27. The lowest BCUT2D eigenvalue weighted by Gasteiger charge is -2.13. The van der Waals surface area contributed by atoms with Crippen LogP contribution < -0.4 is 10.5 Å². The Balaban J connectivity index is 2.98. The van der Waals surface area contributed by atoms with Crippen LogP contribution in [0.2, 0.25) is 0 Å². The Morgan fingerprint density at radius 1 is 1.06 bits per heavy atom. The first kappa shape index (κ1) is 12.9. The first-order chi connectivity index (χ1) is 7.72. The summed E-state index contributed by atoms with van der Waals surface area (Å²) in [5.41, 5.74) is 9.48. The SMILES string of the molecule is CCCCc1cc(N)c(OC)cc1CCC. The smallest absolute Gasteiger partial charge is 0.142 e. The number of nitrogen functional groups attached to an aromatic ring is 1. The van der Waals surface area contributed by atoms with Gasteiger partial charge in [-0.2, -0.15) is 0 Å². The number of ether oxygens (including phenoxy) is 1. The van der Waals surface area contributed by atoms with Crippen molar-refractivity contribution in [2.75, 3.05) is 12.8 Å². The molecule has 2 N–H and O–H groups in total. The van der Waals surface area contributed by atoms with E-state index < -0.39 is 0 Å². The standard InChI is InChI=1S/C14H23NO/c1-4-6-8-12-9-13(15)14(16-3)10-11(12)7-5-2/h9-10H,4-8,15H2,1-3H3. The van der Waals surface area contributed by atoms with Gasteiger partial charge in [-0.1, -0.05) is 26.7 Å². The summed E-state index contributed by atoms with van der Waals surface area (Å²) in [6.07, 6.45) is 5.84. The van der Waals surface area contributed by atoms with Gasteiger partial charge in [0, 0.05) is 0 Å². The zero-order valence-electron chi connectivity index (χ0n) is 10.7. The molecule has 0 spiro atoms. The van der Waals surface area contributed by atoms with Crippen molar-refractivity contribution in [2.24, 2.45) is 0 Å². The Bertz CT molecular complexity index is 334. The number of methoxy groups -OCH3 is 1. The molecule has 2 heteroatoms. The van der Waals surface area contributed by atoms with Crippen LogP contribution in [-0.2, 0) is 12.8 Å². The van der Waals surface area contributed by atoms with Crippen molar-refractivity contribution in [2.45, 2.75) is 46.0 Å². The van der Waals surface area contributed by atoms with E-state index in [9.17, 15) is 0 Å². The summed E-state index contributed by atoms with van der Waals surface area (Å²) in [6.45, 7) is 4.42. The van der Waals surface area contributed by atoms with Gasteiger partial charge in [0.1, 0.15) is 5.75 Å². The second-order valence-electron chi connectivity index (χ2n) is 4.22. The van der Waals surface area contributed by atoms with E-state index >= 15 is 0 Å². The predicted octanol–water partition coefficient (Wildman–Crippen LogP) is 3.57. The number of rotatable bonds is 6. The fourth-order valence-electron chi connectivity index (χ4n) is 1.96. The highest BCUT2D eigenvalue weighted by Gasteiger charge is 2.07. The number of hydrogen-bond donors (Lipinski definition) is 1. The van der Waals surface area contributed by atoms with Crippen LogP contribution in [0.4, 0.5) is 5.69 Å². The van der Waals surface area contributed by atoms with E-state index in [1.807, 2.05) is 0 Å². The number of benzene rings is 1. The van der Waals surface area contributed by atoms with Gasteiger partial charge in [0.2, 0.25) is 0 Å². The van der Waals surface area contributed by atoms with Gasteiger partial charge in [-0.3, -0.25) is 0 Å². The molecule has 0 saturated heterocycles. The third kappa shape index (κ3) is 3.16. The maximum atomic E-state index is 5.94. The summed E-state index contributed by atoms with van der Waals surface area (Å²) in [7, 11) is 1.67. The van der Waals surface area contributed by atoms with Crippen LogP contribution in [0.5, 0.6) is 5.75 Å². The molecule has 0 saturated carbocycles. The van der Waals surface area contributed by atoms with Crippen molar-refractivity contribution >= 4 is 5.69 Å². The van der Waals surface area contributed by atoms with Gasteiger partial charge < -0.3 is 10.5 Å². The molecule has 90 valence electrons. The lowest BCUT2D eigenvalue weighted by molar-refractivity contribution is 0.416. The van der Waals surface area contributed by atoms with Gasteiger partial charge in [-0.25, -0.2) is 0 Å². The number of nitrogens with two attached hydrogens (primary N) is 1. The summed E-state index contributed by atoms with van der Waals surface area (Å²) in [6, 6.07) is 4.18. The fraction of sp³-hybridized carbons (Fsp3) is 0.571. The molecule has 0 atom stereocenters.